The minimum atomic E-state index is -4.57. The smallest absolute Gasteiger partial charge is 0.338 e. The van der Waals surface area contributed by atoms with Crippen molar-refractivity contribution < 1.29 is 36.3 Å². The maximum absolute atomic E-state index is 13.9. The molecule has 0 saturated heterocycles. The number of rotatable bonds is 7. The Morgan fingerprint density at radius 2 is 1.37 bits per heavy atom. The lowest BCUT2D eigenvalue weighted by molar-refractivity contribution is 0.0377. The van der Waals surface area contributed by atoms with E-state index in [4.69, 9.17) is 9.47 Å². The second-order valence-corrected chi connectivity index (χ2v) is 8.54. The van der Waals surface area contributed by atoms with Crippen molar-refractivity contribution in [3.8, 4) is 0 Å². The number of benzene rings is 2. The normalized spacial score (nSPS) is 11.5. The van der Waals surface area contributed by atoms with Crippen LogP contribution in [-0.2, 0) is 19.5 Å². The zero-order valence-corrected chi connectivity index (χ0v) is 17.5. The summed E-state index contributed by atoms with van der Waals surface area (Å²) in [6.45, 7) is 6.46. The second-order valence-electron chi connectivity index (χ2n) is 6.89. The molecular formula is C20H21F2NO6S. The molecule has 30 heavy (non-hydrogen) atoms. The molecule has 7 nitrogen and oxygen atoms in total. The van der Waals surface area contributed by atoms with Gasteiger partial charge in [0, 0.05) is 0 Å². The van der Waals surface area contributed by atoms with E-state index in [1.807, 2.05) is 4.72 Å². The monoisotopic (exact) mass is 441 g/mol. The van der Waals surface area contributed by atoms with Gasteiger partial charge in [0.05, 0.1) is 29.0 Å². The van der Waals surface area contributed by atoms with E-state index >= 15 is 0 Å². The summed E-state index contributed by atoms with van der Waals surface area (Å²) in [4.78, 5) is 23.6. The Hall–Kier alpha value is -3.01. The van der Waals surface area contributed by atoms with Crippen LogP contribution in [0.5, 0.6) is 0 Å². The Morgan fingerprint density at radius 3 is 1.83 bits per heavy atom. The third kappa shape index (κ3) is 5.99. The summed E-state index contributed by atoms with van der Waals surface area (Å²) in [5, 5.41) is 0. The molecule has 0 amide bonds. The molecule has 0 unspecified atom stereocenters. The van der Waals surface area contributed by atoms with Crippen LogP contribution >= 0.6 is 0 Å². The van der Waals surface area contributed by atoms with E-state index in [0.29, 0.717) is 12.1 Å². The van der Waals surface area contributed by atoms with Gasteiger partial charge < -0.3 is 9.47 Å². The van der Waals surface area contributed by atoms with E-state index in [1.165, 1.54) is 6.07 Å². The zero-order valence-electron chi connectivity index (χ0n) is 16.7. The van der Waals surface area contributed by atoms with Crippen LogP contribution in [0.4, 0.5) is 14.5 Å². The summed E-state index contributed by atoms with van der Waals surface area (Å²) in [6.07, 6.45) is -0.935. The molecular weight excluding hydrogens is 420 g/mol. The summed E-state index contributed by atoms with van der Waals surface area (Å²) in [7, 11) is -4.57. The molecule has 0 atom stereocenters. The van der Waals surface area contributed by atoms with Gasteiger partial charge >= 0.3 is 11.9 Å². The number of carbonyl (C=O) groups is 2. The van der Waals surface area contributed by atoms with E-state index < -0.39 is 50.7 Å². The number of nitrogens with one attached hydrogen (secondary N) is 1. The molecule has 0 spiro atoms. The lowest BCUT2D eigenvalue weighted by atomic mass is 10.1. The molecule has 2 aromatic carbocycles. The Bertz CT molecular complexity index is 1030. The second kappa shape index (κ2) is 9.21. The number of halogens is 2. The number of hydrogen-bond acceptors (Lipinski definition) is 6. The Morgan fingerprint density at radius 1 is 0.867 bits per heavy atom. The summed E-state index contributed by atoms with van der Waals surface area (Å²) in [5.41, 5.74) is -0.480. The lowest BCUT2D eigenvalue weighted by Crippen LogP contribution is -2.18. The van der Waals surface area contributed by atoms with Gasteiger partial charge in [0.1, 0.15) is 16.5 Å². The molecule has 162 valence electrons. The number of hydrogen-bond donors (Lipinski definition) is 1. The van der Waals surface area contributed by atoms with Gasteiger partial charge in [-0.2, -0.15) is 0 Å². The first kappa shape index (κ1) is 23.3. The predicted octanol–water partition coefficient (Wildman–Crippen LogP) is 3.90. The molecule has 0 heterocycles. The van der Waals surface area contributed by atoms with Crippen molar-refractivity contribution in [3.05, 3.63) is 59.2 Å². The topological polar surface area (TPSA) is 98.8 Å². The van der Waals surface area contributed by atoms with Gasteiger partial charge in [-0.3, -0.25) is 4.72 Å². The van der Waals surface area contributed by atoms with Gasteiger partial charge in [-0.25, -0.2) is 26.8 Å². The van der Waals surface area contributed by atoms with Gasteiger partial charge in [-0.05, 0) is 64.1 Å². The third-order valence-electron chi connectivity index (χ3n) is 3.52. The molecule has 0 aliphatic carbocycles. The average molecular weight is 441 g/mol. The summed E-state index contributed by atoms with van der Waals surface area (Å²) < 4.78 is 64.6. The fourth-order valence-electron chi connectivity index (χ4n) is 2.38. The fourth-order valence-corrected chi connectivity index (χ4v) is 3.51. The first-order valence-electron chi connectivity index (χ1n) is 8.94. The molecule has 0 aromatic heterocycles. The van der Waals surface area contributed by atoms with E-state index in [9.17, 15) is 26.8 Å². The summed E-state index contributed by atoms with van der Waals surface area (Å²) in [6, 6.07) is 5.39. The minimum Gasteiger partial charge on any atom is -0.459 e. The highest BCUT2D eigenvalue weighted by molar-refractivity contribution is 7.92. The maximum atomic E-state index is 13.9. The van der Waals surface area contributed by atoms with Crippen molar-refractivity contribution >= 4 is 27.6 Å². The molecule has 0 fully saturated rings. The Balaban J connectivity index is 2.50. The van der Waals surface area contributed by atoms with Crippen LogP contribution in [0, 0.1) is 11.6 Å². The largest absolute Gasteiger partial charge is 0.459 e. The van der Waals surface area contributed by atoms with E-state index in [2.05, 4.69) is 0 Å². The molecule has 10 heteroatoms. The van der Waals surface area contributed by atoms with Crippen molar-refractivity contribution in [2.75, 3.05) is 4.72 Å². The molecule has 2 aromatic rings. The molecule has 0 aliphatic heterocycles. The van der Waals surface area contributed by atoms with Crippen LogP contribution in [0.15, 0.2) is 41.3 Å². The third-order valence-corrected chi connectivity index (χ3v) is 4.92. The van der Waals surface area contributed by atoms with Crippen molar-refractivity contribution in [2.45, 2.75) is 44.8 Å². The zero-order chi connectivity index (χ0) is 22.6. The lowest BCUT2D eigenvalue weighted by Gasteiger charge is -2.14. The molecule has 2 rings (SSSR count). The number of ether oxygens (including phenoxy) is 2. The van der Waals surface area contributed by atoms with Crippen LogP contribution in [-0.4, -0.2) is 32.6 Å². The van der Waals surface area contributed by atoms with Crippen molar-refractivity contribution in [2.24, 2.45) is 0 Å². The van der Waals surface area contributed by atoms with Crippen molar-refractivity contribution in [3.63, 3.8) is 0 Å². The maximum Gasteiger partial charge on any atom is 0.338 e. The highest BCUT2D eigenvalue weighted by Crippen LogP contribution is 2.23. The Kier molecular flexibility index (Phi) is 7.14. The molecule has 1 N–H and O–H groups in total. The van der Waals surface area contributed by atoms with Crippen molar-refractivity contribution in [1.82, 2.24) is 0 Å². The summed E-state index contributed by atoms with van der Waals surface area (Å²) >= 11 is 0. The van der Waals surface area contributed by atoms with Gasteiger partial charge in [0.25, 0.3) is 10.0 Å². The Labute approximate surface area is 173 Å². The predicted molar refractivity (Wildman–Crippen MR) is 105 cm³/mol. The van der Waals surface area contributed by atoms with Crippen LogP contribution < -0.4 is 4.72 Å². The van der Waals surface area contributed by atoms with E-state index in [0.717, 1.165) is 18.2 Å². The first-order valence-corrected chi connectivity index (χ1v) is 10.4. The standard InChI is InChI=1S/C20H21F2NO6S/c1-11(2)28-19(24)13-7-14(20(25)29-12(3)4)9-16(8-13)23-30(26,27)18-10-15(21)5-6-17(18)22/h5-12,23H,1-4H3. The number of esters is 2. The highest BCUT2D eigenvalue weighted by Gasteiger charge is 2.23. The van der Waals surface area contributed by atoms with Crippen molar-refractivity contribution in [1.29, 1.82) is 0 Å². The van der Waals surface area contributed by atoms with E-state index in [-0.39, 0.29) is 16.8 Å². The number of sulfonamides is 1. The number of carbonyl (C=O) groups excluding carboxylic acids is 2. The quantitative estimate of drug-likeness (QED) is 0.655. The van der Waals surface area contributed by atoms with Gasteiger partial charge in [0.15, 0.2) is 0 Å². The van der Waals surface area contributed by atoms with Gasteiger partial charge in [-0.1, -0.05) is 0 Å². The molecule has 0 saturated carbocycles. The van der Waals surface area contributed by atoms with Crippen LogP contribution in [0.1, 0.15) is 48.4 Å². The molecule has 0 bridgehead atoms. The minimum absolute atomic E-state index is 0.126. The SMILES string of the molecule is CC(C)OC(=O)c1cc(NS(=O)(=O)c2cc(F)ccc2F)cc(C(=O)OC(C)C)c1. The van der Waals surface area contributed by atoms with Gasteiger partial charge in [-0.15, -0.1) is 0 Å². The van der Waals surface area contributed by atoms with Gasteiger partial charge in [0.2, 0.25) is 0 Å². The van der Waals surface area contributed by atoms with E-state index in [1.54, 1.807) is 27.7 Å². The molecule has 0 radical (unpaired) electrons. The average Bonchev–Trinajstić information content (AvgIpc) is 2.61. The first-order chi connectivity index (χ1) is 13.9. The van der Waals surface area contributed by atoms with Crippen LogP contribution in [0.2, 0.25) is 0 Å². The fraction of sp³-hybridized carbons (Fsp3) is 0.300. The van der Waals surface area contributed by atoms with Crippen LogP contribution in [0.25, 0.3) is 0 Å². The number of anilines is 1. The highest BCUT2D eigenvalue weighted by atomic mass is 32.2. The van der Waals surface area contributed by atoms with Crippen LogP contribution in [0.3, 0.4) is 0 Å². The summed E-state index contributed by atoms with van der Waals surface area (Å²) in [5.74, 6) is -3.73. The molecule has 0 aliphatic rings.